The lowest BCUT2D eigenvalue weighted by atomic mass is 10.1. The summed E-state index contributed by atoms with van der Waals surface area (Å²) in [5.74, 6) is 0. The summed E-state index contributed by atoms with van der Waals surface area (Å²) in [6.45, 7) is 2.03. The van der Waals surface area contributed by atoms with Crippen LogP contribution in [-0.4, -0.2) is 32.0 Å². The van der Waals surface area contributed by atoms with Crippen LogP contribution in [0.1, 0.15) is 34.8 Å². The van der Waals surface area contributed by atoms with E-state index in [0.29, 0.717) is 47.7 Å². The monoisotopic (exact) mass is 495 g/mol. The largest absolute Gasteiger partial charge is 0.336 e. The van der Waals surface area contributed by atoms with Crippen LogP contribution in [0.25, 0.3) is 22.6 Å². The van der Waals surface area contributed by atoms with Crippen molar-refractivity contribution in [3.8, 4) is 34.8 Å². The van der Waals surface area contributed by atoms with Gasteiger partial charge in [0.2, 0.25) is 0 Å². The van der Waals surface area contributed by atoms with E-state index in [0.717, 1.165) is 0 Å². The summed E-state index contributed by atoms with van der Waals surface area (Å²) < 4.78 is 17.6. The van der Waals surface area contributed by atoms with Crippen molar-refractivity contribution in [1.82, 2.24) is 24.2 Å². The molecule has 9 nitrogen and oxygen atoms in total. The van der Waals surface area contributed by atoms with Crippen LogP contribution in [0.4, 0.5) is 4.39 Å². The van der Waals surface area contributed by atoms with E-state index >= 15 is 0 Å². The number of nitrogens with zero attached hydrogens (tertiary/aromatic N) is 6. The molecule has 5 rings (SSSR count). The molecule has 3 heterocycles. The van der Waals surface area contributed by atoms with Gasteiger partial charge in [0.15, 0.2) is 0 Å². The van der Waals surface area contributed by atoms with Gasteiger partial charge in [0.05, 0.1) is 52.1 Å². The molecule has 1 N–H and O–H groups in total. The van der Waals surface area contributed by atoms with Gasteiger partial charge in [-0.15, -0.1) is 0 Å². The number of benzene rings is 2. The van der Waals surface area contributed by atoms with E-state index in [1.165, 1.54) is 20.0 Å². The number of hydrogen-bond acceptors (Lipinski definition) is 6. The molecule has 0 spiro atoms. The van der Waals surface area contributed by atoms with Crippen molar-refractivity contribution >= 4 is 0 Å². The molecule has 1 saturated heterocycles. The second-order valence-electron chi connectivity index (χ2n) is 8.79. The standard InChI is InChI=1S/C27H22FN7O2/c1-17-24(25-20(14-30)15-32-35(25)21-7-5-18(13-29)6-8-21)26(36)34(23-9-10-31-16-23)27(37)33(17)22-4-2-3-19(11-22)12-28/h2-8,11,15,23,31H,9-10,12,16H2,1H3/t23-/m1/s1. The van der Waals surface area contributed by atoms with Crippen LogP contribution in [0.2, 0.25) is 0 Å². The molecule has 0 unspecified atom stereocenters. The van der Waals surface area contributed by atoms with Crippen molar-refractivity contribution in [2.75, 3.05) is 13.1 Å². The molecule has 184 valence electrons. The Bertz CT molecular complexity index is 1700. The van der Waals surface area contributed by atoms with Gasteiger partial charge in [0.1, 0.15) is 12.7 Å². The third-order valence-electron chi connectivity index (χ3n) is 6.62. The van der Waals surface area contributed by atoms with E-state index in [2.05, 4.69) is 22.6 Å². The van der Waals surface area contributed by atoms with Crippen LogP contribution in [0.15, 0.2) is 64.3 Å². The Morgan fingerprint density at radius 3 is 2.54 bits per heavy atom. The van der Waals surface area contributed by atoms with Gasteiger partial charge < -0.3 is 5.32 Å². The van der Waals surface area contributed by atoms with Crippen LogP contribution < -0.4 is 16.6 Å². The van der Waals surface area contributed by atoms with Gasteiger partial charge in [-0.25, -0.2) is 13.9 Å². The van der Waals surface area contributed by atoms with E-state index < -0.39 is 17.9 Å². The topological polar surface area (TPSA) is 121 Å². The molecule has 0 saturated carbocycles. The molecule has 1 fully saturated rings. The fourth-order valence-electron chi connectivity index (χ4n) is 4.81. The highest BCUT2D eigenvalue weighted by Gasteiger charge is 2.29. The smallest absolute Gasteiger partial charge is 0.315 e. The normalized spacial score (nSPS) is 14.9. The minimum atomic E-state index is -0.704. The lowest BCUT2D eigenvalue weighted by Crippen LogP contribution is -2.44. The predicted octanol–water partition coefficient (Wildman–Crippen LogP) is 2.91. The first-order valence-electron chi connectivity index (χ1n) is 11.7. The quantitative estimate of drug-likeness (QED) is 0.454. The van der Waals surface area contributed by atoms with E-state index in [1.54, 1.807) is 55.5 Å². The zero-order valence-corrected chi connectivity index (χ0v) is 20.0. The number of nitriles is 2. The van der Waals surface area contributed by atoms with E-state index in [1.807, 2.05) is 0 Å². The highest BCUT2D eigenvalue weighted by atomic mass is 19.1. The SMILES string of the molecule is Cc1c(-c2c(C#N)cnn2-c2ccc(C#N)cc2)c(=O)n([C@@H]2CCNC2)c(=O)n1-c1cccc(CF)c1. The maximum atomic E-state index is 14.0. The van der Waals surface area contributed by atoms with Crippen LogP contribution >= 0.6 is 0 Å². The molecule has 1 aliphatic rings. The molecule has 1 atom stereocenters. The molecule has 2 aromatic heterocycles. The summed E-state index contributed by atoms with van der Waals surface area (Å²) in [5.41, 5.74) is 1.60. The zero-order chi connectivity index (χ0) is 26.1. The van der Waals surface area contributed by atoms with Gasteiger partial charge in [-0.1, -0.05) is 12.1 Å². The molecule has 10 heteroatoms. The average molecular weight is 496 g/mol. The van der Waals surface area contributed by atoms with E-state index in [4.69, 9.17) is 5.26 Å². The molecule has 0 radical (unpaired) electrons. The molecular weight excluding hydrogens is 473 g/mol. The predicted molar refractivity (Wildman–Crippen MR) is 134 cm³/mol. The zero-order valence-electron chi connectivity index (χ0n) is 20.0. The van der Waals surface area contributed by atoms with Crippen molar-refractivity contribution in [2.24, 2.45) is 0 Å². The maximum Gasteiger partial charge on any atom is 0.336 e. The van der Waals surface area contributed by atoms with Gasteiger partial charge in [0, 0.05) is 12.2 Å². The van der Waals surface area contributed by atoms with E-state index in [-0.39, 0.29) is 22.9 Å². The second kappa shape index (κ2) is 9.69. The fraction of sp³-hybridized carbons (Fsp3) is 0.222. The molecule has 0 bridgehead atoms. The van der Waals surface area contributed by atoms with Crippen LogP contribution in [0, 0.1) is 29.6 Å². The van der Waals surface area contributed by atoms with Crippen LogP contribution in [-0.2, 0) is 6.67 Å². The lowest BCUT2D eigenvalue weighted by molar-refractivity contribution is 0.483. The summed E-state index contributed by atoms with van der Waals surface area (Å²) >= 11 is 0. The molecule has 4 aromatic rings. The molecule has 1 aliphatic heterocycles. The van der Waals surface area contributed by atoms with Crippen molar-refractivity contribution in [3.05, 3.63) is 98.0 Å². The van der Waals surface area contributed by atoms with Crippen molar-refractivity contribution in [3.63, 3.8) is 0 Å². The van der Waals surface area contributed by atoms with Gasteiger partial charge >= 0.3 is 5.69 Å². The first-order valence-corrected chi connectivity index (χ1v) is 11.7. The number of nitrogens with one attached hydrogen (secondary N) is 1. The van der Waals surface area contributed by atoms with Crippen LogP contribution in [0.5, 0.6) is 0 Å². The van der Waals surface area contributed by atoms with Crippen molar-refractivity contribution < 1.29 is 4.39 Å². The van der Waals surface area contributed by atoms with E-state index in [9.17, 15) is 19.2 Å². The van der Waals surface area contributed by atoms with Gasteiger partial charge in [-0.2, -0.15) is 15.6 Å². The Labute approximate surface area is 211 Å². The summed E-state index contributed by atoms with van der Waals surface area (Å²) in [6.07, 6.45) is 1.95. The Hall–Kier alpha value is -4.80. The fourth-order valence-corrected chi connectivity index (χ4v) is 4.81. The Kier molecular flexibility index (Phi) is 6.26. The first-order chi connectivity index (χ1) is 18.0. The molecule has 0 aliphatic carbocycles. The number of rotatable bonds is 5. The minimum absolute atomic E-state index is 0.149. The minimum Gasteiger partial charge on any atom is -0.315 e. The summed E-state index contributed by atoms with van der Waals surface area (Å²) in [7, 11) is 0. The number of halogens is 1. The highest BCUT2D eigenvalue weighted by Crippen LogP contribution is 2.28. The average Bonchev–Trinajstić information content (AvgIpc) is 3.59. The van der Waals surface area contributed by atoms with Gasteiger partial charge in [-0.05, 0) is 61.9 Å². The third kappa shape index (κ3) is 4.03. The highest BCUT2D eigenvalue weighted by molar-refractivity contribution is 5.70. The summed E-state index contributed by atoms with van der Waals surface area (Å²) in [4.78, 5) is 27.8. The summed E-state index contributed by atoms with van der Waals surface area (Å²) in [6, 6.07) is 16.9. The Balaban J connectivity index is 1.86. The molecular formula is C27H22FN7O2. The molecule has 0 amide bonds. The summed E-state index contributed by atoms with van der Waals surface area (Å²) in [5, 5.41) is 26.6. The van der Waals surface area contributed by atoms with Gasteiger partial charge in [-0.3, -0.25) is 13.9 Å². The van der Waals surface area contributed by atoms with Crippen LogP contribution in [0.3, 0.4) is 0 Å². The van der Waals surface area contributed by atoms with Gasteiger partial charge in [0.25, 0.3) is 5.56 Å². The first kappa shape index (κ1) is 23.9. The second-order valence-corrected chi connectivity index (χ2v) is 8.79. The Morgan fingerprint density at radius 1 is 1.11 bits per heavy atom. The molecule has 37 heavy (non-hydrogen) atoms. The van der Waals surface area contributed by atoms with Crippen molar-refractivity contribution in [1.29, 1.82) is 10.5 Å². The Morgan fingerprint density at radius 2 is 1.89 bits per heavy atom. The number of hydrogen-bond donors (Lipinski definition) is 1. The lowest BCUT2D eigenvalue weighted by Gasteiger charge is -2.21. The van der Waals surface area contributed by atoms with Crippen molar-refractivity contribution in [2.45, 2.75) is 26.1 Å². The number of alkyl halides is 1. The number of aromatic nitrogens is 4. The molecule has 2 aromatic carbocycles. The third-order valence-corrected chi connectivity index (χ3v) is 6.62. The maximum absolute atomic E-state index is 14.0.